The molecule has 0 amide bonds. The van der Waals surface area contributed by atoms with Crippen LogP contribution in [0.25, 0.3) is 22.1 Å². The van der Waals surface area contributed by atoms with Crippen molar-refractivity contribution in [2.75, 3.05) is 5.32 Å². The van der Waals surface area contributed by atoms with Gasteiger partial charge in [0.25, 0.3) is 0 Å². The second-order valence-electron chi connectivity index (χ2n) is 4.23. The smallest absolute Gasteiger partial charge is 0.162 e. The normalized spacial score (nSPS) is 10.6. The summed E-state index contributed by atoms with van der Waals surface area (Å²) >= 11 is 0. The Morgan fingerprint density at radius 1 is 1.00 bits per heavy atom. The fourth-order valence-electron chi connectivity index (χ4n) is 2.12. The minimum Gasteiger partial charge on any atom is -0.361 e. The van der Waals surface area contributed by atoms with Crippen molar-refractivity contribution in [2.24, 2.45) is 0 Å². The number of imidazole rings is 1. The standard InChI is InChI=1S/C13H10N6.ClH/c1-2-10-8(3-4-14-10)5-9(1)19-13-11-12(16-6-15-11)17-7-18-13;/h1-7,14H,(H2,15,16,17,18,19);1H. The molecule has 0 atom stereocenters. The third-order valence-corrected chi connectivity index (χ3v) is 3.03. The van der Waals surface area contributed by atoms with E-state index in [-0.39, 0.29) is 12.4 Å². The maximum atomic E-state index is 4.23. The second kappa shape index (κ2) is 4.82. The Labute approximate surface area is 120 Å². The molecule has 0 radical (unpaired) electrons. The lowest BCUT2D eigenvalue weighted by atomic mass is 10.2. The predicted octanol–water partition coefficient (Wildman–Crippen LogP) is 3.00. The number of halogens is 1. The molecule has 1 aromatic carbocycles. The summed E-state index contributed by atoms with van der Waals surface area (Å²) in [6.45, 7) is 0. The van der Waals surface area contributed by atoms with E-state index in [1.165, 1.54) is 6.33 Å². The highest BCUT2D eigenvalue weighted by atomic mass is 35.5. The summed E-state index contributed by atoms with van der Waals surface area (Å²) < 4.78 is 0. The molecule has 20 heavy (non-hydrogen) atoms. The molecule has 4 rings (SSSR count). The van der Waals surface area contributed by atoms with Gasteiger partial charge in [-0.2, -0.15) is 0 Å². The number of aromatic nitrogens is 5. The molecule has 0 fully saturated rings. The quantitative estimate of drug-likeness (QED) is 0.529. The van der Waals surface area contributed by atoms with Crippen molar-refractivity contribution < 1.29 is 0 Å². The molecule has 0 aliphatic heterocycles. The minimum absolute atomic E-state index is 0. The fourth-order valence-corrected chi connectivity index (χ4v) is 2.12. The highest BCUT2D eigenvalue weighted by Crippen LogP contribution is 2.23. The maximum absolute atomic E-state index is 4.23. The molecular weight excluding hydrogens is 276 g/mol. The Kier molecular flexibility index (Phi) is 3.00. The lowest BCUT2D eigenvalue weighted by molar-refractivity contribution is 1.20. The number of H-pyrrole nitrogens is 2. The van der Waals surface area contributed by atoms with Crippen LogP contribution in [0.3, 0.4) is 0 Å². The third kappa shape index (κ3) is 1.96. The molecule has 7 heteroatoms. The lowest BCUT2D eigenvalue weighted by Gasteiger charge is -2.05. The van der Waals surface area contributed by atoms with Crippen LogP contribution in [-0.2, 0) is 0 Å². The molecule has 4 aromatic rings. The van der Waals surface area contributed by atoms with Gasteiger partial charge in [-0.25, -0.2) is 15.0 Å². The highest BCUT2D eigenvalue weighted by Gasteiger charge is 2.06. The molecule has 0 saturated carbocycles. The second-order valence-corrected chi connectivity index (χ2v) is 4.23. The molecule has 100 valence electrons. The maximum Gasteiger partial charge on any atom is 0.162 e. The van der Waals surface area contributed by atoms with Crippen molar-refractivity contribution in [3.8, 4) is 0 Å². The van der Waals surface area contributed by atoms with Crippen LogP contribution in [0.2, 0.25) is 0 Å². The van der Waals surface area contributed by atoms with Gasteiger partial charge in [-0.3, -0.25) is 0 Å². The van der Waals surface area contributed by atoms with Crippen LogP contribution in [0.4, 0.5) is 11.5 Å². The van der Waals surface area contributed by atoms with E-state index in [1.54, 1.807) is 6.33 Å². The van der Waals surface area contributed by atoms with Crippen LogP contribution < -0.4 is 5.32 Å². The molecule has 0 spiro atoms. The van der Waals surface area contributed by atoms with Gasteiger partial charge >= 0.3 is 0 Å². The van der Waals surface area contributed by atoms with Crippen molar-refractivity contribution in [3.05, 3.63) is 43.1 Å². The number of anilines is 2. The summed E-state index contributed by atoms with van der Waals surface area (Å²) in [5, 5.41) is 4.42. The molecule has 0 aliphatic rings. The van der Waals surface area contributed by atoms with Gasteiger partial charge in [-0.1, -0.05) is 0 Å². The largest absolute Gasteiger partial charge is 0.361 e. The average molecular weight is 287 g/mol. The van der Waals surface area contributed by atoms with Crippen molar-refractivity contribution in [3.63, 3.8) is 0 Å². The fraction of sp³-hybridized carbons (Fsp3) is 0. The Balaban J connectivity index is 0.00000121. The van der Waals surface area contributed by atoms with Gasteiger partial charge in [0.2, 0.25) is 0 Å². The first-order valence-corrected chi connectivity index (χ1v) is 5.88. The van der Waals surface area contributed by atoms with E-state index in [0.29, 0.717) is 5.82 Å². The molecule has 0 aliphatic carbocycles. The van der Waals surface area contributed by atoms with Crippen LogP contribution in [0.1, 0.15) is 0 Å². The van der Waals surface area contributed by atoms with Gasteiger partial charge in [0, 0.05) is 22.8 Å². The average Bonchev–Trinajstić information content (AvgIpc) is 3.06. The summed E-state index contributed by atoms with van der Waals surface area (Å²) in [6, 6.07) is 8.12. The molecule has 0 saturated heterocycles. The number of hydrogen-bond donors (Lipinski definition) is 3. The van der Waals surface area contributed by atoms with E-state index >= 15 is 0 Å². The van der Waals surface area contributed by atoms with Crippen LogP contribution >= 0.6 is 12.4 Å². The molecule has 3 heterocycles. The molecule has 3 aromatic heterocycles. The highest BCUT2D eigenvalue weighted by molar-refractivity contribution is 5.88. The third-order valence-electron chi connectivity index (χ3n) is 3.03. The zero-order chi connectivity index (χ0) is 12.7. The Bertz CT molecular complexity index is 865. The molecule has 0 unspecified atom stereocenters. The first-order chi connectivity index (χ1) is 9.40. The first kappa shape index (κ1) is 12.4. The summed E-state index contributed by atoms with van der Waals surface area (Å²) in [7, 11) is 0. The number of rotatable bonds is 2. The lowest BCUT2D eigenvalue weighted by Crippen LogP contribution is -1.95. The SMILES string of the molecule is Cl.c1nc(Nc2ccc3[nH]ccc3c2)c2nc[nH]c2n1. The molecule has 3 N–H and O–H groups in total. The number of benzene rings is 1. The molecular formula is C13H11ClN6. The topological polar surface area (TPSA) is 82.3 Å². The van der Waals surface area contributed by atoms with Crippen LogP contribution in [0, 0.1) is 0 Å². The Morgan fingerprint density at radius 3 is 2.90 bits per heavy atom. The summed E-state index contributed by atoms with van der Waals surface area (Å²) in [6.07, 6.45) is 5.04. The van der Waals surface area contributed by atoms with Gasteiger partial charge in [-0.05, 0) is 24.3 Å². The summed E-state index contributed by atoms with van der Waals surface area (Å²) in [4.78, 5) is 18.7. The number of hydrogen-bond acceptors (Lipinski definition) is 4. The summed E-state index contributed by atoms with van der Waals surface area (Å²) in [5.41, 5.74) is 3.53. The van der Waals surface area contributed by atoms with E-state index in [1.807, 2.05) is 24.4 Å². The minimum atomic E-state index is 0. The van der Waals surface area contributed by atoms with Gasteiger partial charge in [0.15, 0.2) is 17.0 Å². The zero-order valence-corrected chi connectivity index (χ0v) is 11.1. The van der Waals surface area contributed by atoms with Gasteiger partial charge < -0.3 is 15.3 Å². The van der Waals surface area contributed by atoms with E-state index in [4.69, 9.17) is 0 Å². The van der Waals surface area contributed by atoms with Crippen LogP contribution in [0.5, 0.6) is 0 Å². The van der Waals surface area contributed by atoms with Crippen molar-refractivity contribution in [1.82, 2.24) is 24.9 Å². The number of aromatic amines is 2. The van der Waals surface area contributed by atoms with Gasteiger partial charge in [-0.15, -0.1) is 12.4 Å². The summed E-state index contributed by atoms with van der Waals surface area (Å²) in [5.74, 6) is 0.695. The Morgan fingerprint density at radius 2 is 1.95 bits per heavy atom. The van der Waals surface area contributed by atoms with Crippen molar-refractivity contribution >= 4 is 46.0 Å². The van der Waals surface area contributed by atoms with Crippen LogP contribution in [-0.4, -0.2) is 24.9 Å². The van der Waals surface area contributed by atoms with E-state index in [9.17, 15) is 0 Å². The van der Waals surface area contributed by atoms with Gasteiger partial charge in [0.05, 0.1) is 6.33 Å². The zero-order valence-electron chi connectivity index (χ0n) is 10.3. The van der Waals surface area contributed by atoms with Gasteiger partial charge in [0.1, 0.15) is 6.33 Å². The number of nitrogens with one attached hydrogen (secondary N) is 3. The molecule has 0 bridgehead atoms. The van der Waals surface area contributed by atoms with Crippen molar-refractivity contribution in [1.29, 1.82) is 0 Å². The molecule has 6 nitrogen and oxygen atoms in total. The van der Waals surface area contributed by atoms with Crippen molar-refractivity contribution in [2.45, 2.75) is 0 Å². The number of fused-ring (bicyclic) bond motifs is 2. The first-order valence-electron chi connectivity index (χ1n) is 5.88. The van der Waals surface area contributed by atoms with E-state index in [0.717, 1.165) is 27.8 Å². The van der Waals surface area contributed by atoms with E-state index in [2.05, 4.69) is 36.3 Å². The monoisotopic (exact) mass is 286 g/mol. The predicted molar refractivity (Wildman–Crippen MR) is 80.5 cm³/mol. The Hall–Kier alpha value is -2.60. The van der Waals surface area contributed by atoms with Crippen LogP contribution in [0.15, 0.2) is 43.1 Å². The number of nitrogens with zero attached hydrogens (tertiary/aromatic N) is 3. The van der Waals surface area contributed by atoms with E-state index < -0.39 is 0 Å².